The van der Waals surface area contributed by atoms with Gasteiger partial charge in [-0.2, -0.15) is 0 Å². The van der Waals surface area contributed by atoms with Gasteiger partial charge in [0.2, 0.25) is 0 Å². The first-order chi connectivity index (χ1) is 12.6. The van der Waals surface area contributed by atoms with Crippen LogP contribution in [0.1, 0.15) is 60.8 Å². The number of hydrogen-bond donors (Lipinski definition) is 2. The van der Waals surface area contributed by atoms with Gasteiger partial charge in [-0.3, -0.25) is 0 Å². The normalized spacial score (nSPS) is 17.8. The molecule has 0 heterocycles. The molecule has 27 heavy (non-hydrogen) atoms. The van der Waals surface area contributed by atoms with E-state index in [0.29, 0.717) is 25.0 Å². The maximum absolute atomic E-state index is 10.6. The van der Waals surface area contributed by atoms with E-state index in [9.17, 15) is 6.37 Å². The monoisotopic (exact) mass is 480 g/mol. The Bertz CT molecular complexity index is 500. The Morgan fingerprint density at radius 3 is 1.59 bits per heavy atom. The van der Waals surface area contributed by atoms with E-state index in [1.54, 1.807) is 24.3 Å². The summed E-state index contributed by atoms with van der Waals surface area (Å²) in [5.74, 6) is 0.316. The van der Waals surface area contributed by atoms with Crippen LogP contribution in [0.5, 0.6) is 5.75 Å². The van der Waals surface area contributed by atoms with Crippen molar-refractivity contribution in [2.24, 2.45) is 0 Å². The molecular weight excluding hydrogens is 448 g/mol. The van der Waals surface area contributed by atoms with Crippen molar-refractivity contribution in [3.05, 3.63) is 30.3 Å². The van der Waals surface area contributed by atoms with Gasteiger partial charge in [0.25, 0.3) is 0 Å². The van der Waals surface area contributed by atoms with Crippen molar-refractivity contribution in [1.82, 2.24) is 0 Å². The molecule has 0 aliphatic heterocycles. The fraction of sp³-hybridized carbons (Fsp3) is 0.667. The molecule has 0 aromatic heterocycles. The van der Waals surface area contributed by atoms with Crippen LogP contribution in [0, 0.1) is 0 Å². The number of para-hydroxylation sites is 1. The third-order valence-electron chi connectivity index (χ3n) is 4.01. The first kappa shape index (κ1) is 24.9. The summed E-state index contributed by atoms with van der Waals surface area (Å²) >= 11 is -5.48. The van der Waals surface area contributed by atoms with E-state index >= 15 is 0 Å². The Kier molecular flexibility index (Phi) is 10.9. The number of hydrogen-bond acceptors (Lipinski definition) is 7. The molecule has 0 aliphatic rings. The van der Waals surface area contributed by atoms with Gasteiger partial charge in [0, 0.05) is 0 Å². The molecule has 0 fully saturated rings. The van der Waals surface area contributed by atoms with Gasteiger partial charge in [0.15, 0.2) is 0 Å². The summed E-state index contributed by atoms with van der Waals surface area (Å²) in [4.78, 5) is 0. The number of benzene rings is 1. The van der Waals surface area contributed by atoms with Crippen LogP contribution in [0.3, 0.4) is 0 Å². The van der Waals surface area contributed by atoms with Crippen molar-refractivity contribution in [3.63, 3.8) is 0 Å². The van der Waals surface area contributed by atoms with Gasteiger partial charge in [0.1, 0.15) is 0 Å². The Balaban J connectivity index is 3.13. The van der Waals surface area contributed by atoms with Gasteiger partial charge >= 0.3 is 171 Å². The van der Waals surface area contributed by atoms with Crippen LogP contribution in [0.15, 0.2) is 30.3 Å². The molecule has 0 bridgehead atoms. The van der Waals surface area contributed by atoms with Crippen LogP contribution in [0.2, 0.25) is 0 Å². The van der Waals surface area contributed by atoms with Crippen molar-refractivity contribution in [3.8, 4) is 5.75 Å². The van der Waals surface area contributed by atoms with Gasteiger partial charge in [-0.15, -0.1) is 0 Å². The predicted molar refractivity (Wildman–Crippen MR) is 101 cm³/mol. The quantitative estimate of drug-likeness (QED) is 0.415. The third kappa shape index (κ3) is 9.28. The van der Waals surface area contributed by atoms with E-state index in [1.165, 1.54) is 0 Å². The summed E-state index contributed by atoms with van der Waals surface area (Å²) in [6.07, 6.45) is 1.40. The average molecular weight is 482 g/mol. The van der Waals surface area contributed by atoms with Crippen LogP contribution in [0.4, 0.5) is 0 Å². The Morgan fingerprint density at radius 1 is 0.815 bits per heavy atom. The van der Waals surface area contributed by atoms with Crippen molar-refractivity contribution >= 4 is 9.05 Å². The van der Waals surface area contributed by atoms with Gasteiger partial charge < -0.3 is 0 Å². The van der Waals surface area contributed by atoms with Gasteiger partial charge in [-0.05, 0) is 0 Å². The molecule has 7 nitrogen and oxygen atoms in total. The van der Waals surface area contributed by atoms with E-state index in [-0.39, 0.29) is 18.3 Å². The van der Waals surface area contributed by atoms with Crippen LogP contribution >= 0.6 is 0 Å². The summed E-state index contributed by atoms with van der Waals surface area (Å²) in [5.41, 5.74) is 0. The minimum atomic E-state index is -5.48. The molecule has 3 unspecified atom stereocenters. The minimum absolute atomic E-state index is 0.233. The van der Waals surface area contributed by atoms with Crippen molar-refractivity contribution in [2.45, 2.75) is 79.1 Å². The molecule has 1 aromatic carbocycles. The van der Waals surface area contributed by atoms with Crippen LogP contribution < -0.4 is 2.81 Å². The van der Waals surface area contributed by atoms with E-state index in [4.69, 9.17) is 18.6 Å². The fourth-order valence-electron chi connectivity index (χ4n) is 1.97. The zero-order valence-corrected chi connectivity index (χ0v) is 20.6. The first-order valence-corrected chi connectivity index (χ1v) is 15.4. The fourth-order valence-corrected chi connectivity index (χ4v) is 9.49. The van der Waals surface area contributed by atoms with Crippen molar-refractivity contribution in [2.75, 3.05) is 0 Å². The zero-order valence-electron chi connectivity index (χ0n) is 17.2. The molecule has 1 rings (SSSR count). The van der Waals surface area contributed by atoms with Crippen LogP contribution in [0.25, 0.3) is 0 Å². The molecule has 3 atom stereocenters. The van der Waals surface area contributed by atoms with E-state index in [0.717, 1.165) is 0 Å². The predicted octanol–water partition coefficient (Wildman–Crippen LogP) is 3.76. The van der Waals surface area contributed by atoms with E-state index in [2.05, 4.69) is 0 Å². The molecule has 0 radical (unpaired) electrons. The van der Waals surface area contributed by atoms with E-state index in [1.807, 2.05) is 47.6 Å². The zero-order chi connectivity index (χ0) is 20.5. The van der Waals surface area contributed by atoms with Gasteiger partial charge in [-0.1, -0.05) is 0 Å². The second kappa shape index (κ2) is 11.8. The summed E-state index contributed by atoms with van der Waals surface area (Å²) < 4.78 is 50.4. The molecule has 0 aliphatic carbocycles. The summed E-state index contributed by atoms with van der Waals surface area (Å²) in [6.45, 7) is 11.5. The Hall–Kier alpha value is -0.120. The molecule has 0 spiro atoms. The molecule has 9 heteroatoms. The van der Waals surface area contributed by atoms with E-state index < -0.39 is 31.1 Å². The summed E-state index contributed by atoms with van der Waals surface area (Å²) in [6, 6.07) is 8.55. The van der Waals surface area contributed by atoms with Crippen LogP contribution in [-0.4, -0.2) is 33.7 Å². The Labute approximate surface area is 170 Å². The molecule has 156 valence electrons. The molecular formula is C18H34O7SiZr. The van der Waals surface area contributed by atoms with Crippen molar-refractivity contribution < 1.29 is 47.0 Å². The summed E-state index contributed by atoms with van der Waals surface area (Å²) in [7, 11) is -3.87. The first-order valence-electron chi connectivity index (χ1n) is 9.57. The second-order valence-corrected chi connectivity index (χ2v) is 13.2. The molecule has 0 saturated heterocycles. The standard InChI is InChI=1S/C12H27O4Si.C6H6O.2H2O.Zr/c1-7-10(4)14-17(13,15-11(5)8-2)16-12(6)9-3;7-6-4-2-1-3-5-6;;;/h10-12H,7-9H2,1-6H3;1-5,7H;2*1H2;/q-1;;;;+4/p-3. The Morgan fingerprint density at radius 2 is 1.22 bits per heavy atom. The molecule has 0 amide bonds. The van der Waals surface area contributed by atoms with Gasteiger partial charge in [-0.25, -0.2) is 0 Å². The van der Waals surface area contributed by atoms with Crippen molar-refractivity contribution in [1.29, 1.82) is 0 Å². The molecule has 1 aromatic rings. The maximum atomic E-state index is 10.6. The summed E-state index contributed by atoms with van der Waals surface area (Å²) in [5, 5.41) is 0. The average Bonchev–Trinajstić information content (AvgIpc) is 2.60. The SMILES string of the molecule is CCC(C)O[Si](OC(C)CC)(OC(C)CC)[O][Zr]([OH])([OH])[O]c1ccccc1. The van der Waals surface area contributed by atoms with Crippen LogP contribution in [-0.2, 0) is 37.8 Å². The molecule has 0 saturated carbocycles. The number of rotatable bonds is 13. The van der Waals surface area contributed by atoms with Gasteiger partial charge in [0.05, 0.1) is 0 Å². The third-order valence-corrected chi connectivity index (χ3v) is 11.6. The molecule has 2 N–H and O–H groups in total. The second-order valence-electron chi connectivity index (χ2n) is 6.58. The topological polar surface area (TPSA) is 86.6 Å².